The van der Waals surface area contributed by atoms with Gasteiger partial charge in [-0.1, -0.05) is 6.92 Å². The number of hydrogen-bond donors (Lipinski definition) is 1. The van der Waals surface area contributed by atoms with Crippen LogP contribution in [0.3, 0.4) is 0 Å². The number of nitrogens with zero attached hydrogens (tertiary/aromatic N) is 5. The van der Waals surface area contributed by atoms with Gasteiger partial charge in [0.05, 0.1) is 5.69 Å². The molecule has 2 amide bonds. The minimum Gasteiger partial charge on any atom is -0.466 e. The van der Waals surface area contributed by atoms with Crippen LogP contribution >= 0.6 is 0 Å². The molecule has 26 heavy (non-hydrogen) atoms. The SMILES string of the molecule is CC[C@@H]1C(=O)NCCN1C(=O)COc1ccc(-n2nc(C)cc2C)nn1. The summed E-state index contributed by atoms with van der Waals surface area (Å²) in [5.41, 5.74) is 1.85. The van der Waals surface area contributed by atoms with Crippen molar-refractivity contribution in [2.45, 2.75) is 33.2 Å². The summed E-state index contributed by atoms with van der Waals surface area (Å²) in [6.45, 7) is 6.47. The fourth-order valence-electron chi connectivity index (χ4n) is 3.00. The number of carbonyl (C=O) groups is 2. The van der Waals surface area contributed by atoms with Gasteiger partial charge in [0.15, 0.2) is 12.4 Å². The van der Waals surface area contributed by atoms with Gasteiger partial charge in [-0.15, -0.1) is 10.2 Å². The van der Waals surface area contributed by atoms with Crippen LogP contribution in [0.4, 0.5) is 0 Å². The quantitative estimate of drug-likeness (QED) is 0.830. The summed E-state index contributed by atoms with van der Waals surface area (Å²) in [6.07, 6.45) is 0.564. The highest BCUT2D eigenvalue weighted by atomic mass is 16.5. The van der Waals surface area contributed by atoms with Crippen molar-refractivity contribution in [3.8, 4) is 11.7 Å². The molecule has 3 heterocycles. The molecule has 9 heteroatoms. The highest BCUT2D eigenvalue weighted by molar-refractivity contribution is 5.89. The maximum atomic E-state index is 12.4. The summed E-state index contributed by atoms with van der Waals surface area (Å²) in [4.78, 5) is 25.8. The van der Waals surface area contributed by atoms with Crippen molar-refractivity contribution in [3.63, 3.8) is 0 Å². The number of ether oxygens (including phenoxy) is 1. The van der Waals surface area contributed by atoms with Crippen LogP contribution in [-0.4, -0.2) is 62.4 Å². The molecule has 0 unspecified atom stereocenters. The molecule has 0 bridgehead atoms. The first kappa shape index (κ1) is 17.8. The fraction of sp³-hybridized carbons (Fsp3) is 0.471. The Hall–Kier alpha value is -2.97. The topological polar surface area (TPSA) is 102 Å². The molecule has 0 aromatic carbocycles. The van der Waals surface area contributed by atoms with Crippen LogP contribution < -0.4 is 10.1 Å². The van der Waals surface area contributed by atoms with Crippen molar-refractivity contribution in [2.24, 2.45) is 0 Å². The zero-order valence-electron chi connectivity index (χ0n) is 15.1. The summed E-state index contributed by atoms with van der Waals surface area (Å²) in [5.74, 6) is 0.461. The molecule has 1 N–H and O–H groups in total. The molecule has 0 saturated carbocycles. The minimum atomic E-state index is -0.445. The Morgan fingerprint density at radius 2 is 2.15 bits per heavy atom. The van der Waals surface area contributed by atoms with Gasteiger partial charge in [-0.25, -0.2) is 4.68 Å². The van der Waals surface area contributed by atoms with E-state index >= 15 is 0 Å². The Morgan fingerprint density at radius 1 is 1.35 bits per heavy atom. The molecule has 1 fully saturated rings. The van der Waals surface area contributed by atoms with Crippen molar-refractivity contribution >= 4 is 11.8 Å². The molecule has 138 valence electrons. The Labute approximate surface area is 151 Å². The number of nitrogens with one attached hydrogen (secondary N) is 1. The number of amides is 2. The van der Waals surface area contributed by atoms with Crippen LogP contribution in [0.2, 0.25) is 0 Å². The number of piperazine rings is 1. The lowest BCUT2D eigenvalue weighted by atomic mass is 10.1. The molecular formula is C17H22N6O3. The van der Waals surface area contributed by atoms with Crippen LogP contribution in [0.1, 0.15) is 24.7 Å². The third-order valence-corrected chi connectivity index (χ3v) is 4.23. The van der Waals surface area contributed by atoms with Gasteiger partial charge in [0.2, 0.25) is 11.8 Å². The van der Waals surface area contributed by atoms with Crippen LogP contribution in [0.15, 0.2) is 18.2 Å². The number of carbonyl (C=O) groups excluding carboxylic acids is 2. The van der Waals surface area contributed by atoms with E-state index in [4.69, 9.17) is 4.74 Å². The Bertz CT molecular complexity index is 801. The monoisotopic (exact) mass is 358 g/mol. The third kappa shape index (κ3) is 3.66. The number of hydrogen-bond acceptors (Lipinski definition) is 6. The Morgan fingerprint density at radius 3 is 2.77 bits per heavy atom. The summed E-state index contributed by atoms with van der Waals surface area (Å²) in [6, 6.07) is 4.88. The lowest BCUT2D eigenvalue weighted by molar-refractivity contribution is -0.144. The van der Waals surface area contributed by atoms with Crippen LogP contribution in [0, 0.1) is 13.8 Å². The van der Waals surface area contributed by atoms with Crippen molar-refractivity contribution in [2.75, 3.05) is 19.7 Å². The van der Waals surface area contributed by atoms with Gasteiger partial charge in [-0.05, 0) is 32.4 Å². The van der Waals surface area contributed by atoms with Crippen molar-refractivity contribution in [1.82, 2.24) is 30.2 Å². The largest absolute Gasteiger partial charge is 0.466 e. The highest BCUT2D eigenvalue weighted by Crippen LogP contribution is 2.13. The molecule has 1 saturated heterocycles. The summed E-state index contributed by atoms with van der Waals surface area (Å²) >= 11 is 0. The van der Waals surface area contributed by atoms with E-state index in [0.29, 0.717) is 25.3 Å². The van der Waals surface area contributed by atoms with Crippen molar-refractivity contribution < 1.29 is 14.3 Å². The van der Waals surface area contributed by atoms with Crippen LogP contribution in [0.5, 0.6) is 5.88 Å². The molecule has 2 aromatic rings. The lowest BCUT2D eigenvalue weighted by Crippen LogP contribution is -2.57. The second-order valence-corrected chi connectivity index (χ2v) is 6.16. The van der Waals surface area contributed by atoms with E-state index in [1.54, 1.807) is 21.7 Å². The zero-order chi connectivity index (χ0) is 18.7. The smallest absolute Gasteiger partial charge is 0.261 e. The van der Waals surface area contributed by atoms with Gasteiger partial charge in [0.25, 0.3) is 5.91 Å². The molecule has 9 nitrogen and oxygen atoms in total. The Kier molecular flexibility index (Phi) is 5.15. The molecule has 1 aliphatic rings. The van der Waals surface area contributed by atoms with Crippen molar-refractivity contribution in [3.05, 3.63) is 29.6 Å². The van der Waals surface area contributed by atoms with E-state index in [1.165, 1.54) is 0 Å². The van der Waals surface area contributed by atoms with E-state index in [9.17, 15) is 9.59 Å². The van der Waals surface area contributed by atoms with Gasteiger partial charge in [0.1, 0.15) is 6.04 Å². The highest BCUT2D eigenvalue weighted by Gasteiger charge is 2.31. The molecule has 1 aliphatic heterocycles. The molecule has 0 aliphatic carbocycles. The van der Waals surface area contributed by atoms with E-state index in [0.717, 1.165) is 11.4 Å². The van der Waals surface area contributed by atoms with Gasteiger partial charge < -0.3 is 15.0 Å². The third-order valence-electron chi connectivity index (χ3n) is 4.23. The number of aromatic nitrogens is 4. The van der Waals surface area contributed by atoms with Gasteiger partial charge >= 0.3 is 0 Å². The normalized spacial score (nSPS) is 17.1. The number of aryl methyl sites for hydroxylation is 2. The average molecular weight is 358 g/mol. The number of rotatable bonds is 5. The summed E-state index contributed by atoms with van der Waals surface area (Å²) in [7, 11) is 0. The van der Waals surface area contributed by atoms with Crippen LogP contribution in [0.25, 0.3) is 5.82 Å². The molecule has 0 radical (unpaired) electrons. The average Bonchev–Trinajstić information content (AvgIpc) is 2.98. The minimum absolute atomic E-state index is 0.124. The maximum Gasteiger partial charge on any atom is 0.261 e. The molecule has 0 spiro atoms. The van der Waals surface area contributed by atoms with Crippen LogP contribution in [-0.2, 0) is 9.59 Å². The first-order valence-electron chi connectivity index (χ1n) is 8.57. The molecule has 1 atom stereocenters. The molecule has 3 rings (SSSR count). The van der Waals surface area contributed by atoms with Gasteiger partial charge in [-0.3, -0.25) is 9.59 Å². The van der Waals surface area contributed by atoms with Crippen molar-refractivity contribution in [1.29, 1.82) is 0 Å². The van der Waals surface area contributed by atoms with Gasteiger partial charge in [-0.2, -0.15) is 5.10 Å². The van der Waals surface area contributed by atoms with E-state index < -0.39 is 6.04 Å². The van der Waals surface area contributed by atoms with E-state index in [-0.39, 0.29) is 24.3 Å². The first-order chi connectivity index (χ1) is 12.5. The second kappa shape index (κ2) is 7.51. The molecular weight excluding hydrogens is 336 g/mol. The van der Waals surface area contributed by atoms with E-state index in [2.05, 4.69) is 20.6 Å². The first-order valence-corrected chi connectivity index (χ1v) is 8.57. The Balaban J connectivity index is 1.62. The molecule has 2 aromatic heterocycles. The zero-order valence-corrected chi connectivity index (χ0v) is 15.1. The predicted octanol–water partition coefficient (Wildman–Crippen LogP) is 0.395. The summed E-state index contributed by atoms with van der Waals surface area (Å²) in [5, 5.41) is 15.2. The lowest BCUT2D eigenvalue weighted by Gasteiger charge is -2.34. The second-order valence-electron chi connectivity index (χ2n) is 6.16. The maximum absolute atomic E-state index is 12.4. The summed E-state index contributed by atoms with van der Waals surface area (Å²) < 4.78 is 7.14. The van der Waals surface area contributed by atoms with E-state index in [1.807, 2.05) is 26.8 Å². The standard InChI is InChI=1S/C17H22N6O3/c1-4-13-17(25)18-7-8-22(13)16(24)10-26-15-6-5-14(19-20-15)23-12(3)9-11(2)21-23/h5-6,9,13H,4,7-8,10H2,1-3H3,(H,18,25)/t13-/m1/s1. The predicted molar refractivity (Wildman–Crippen MR) is 92.9 cm³/mol. The fourth-order valence-corrected chi connectivity index (χ4v) is 3.00. The van der Waals surface area contributed by atoms with Gasteiger partial charge in [0, 0.05) is 24.8 Å².